The number of rotatable bonds is 5. The number of ether oxygens (including phenoxy) is 1. The highest BCUT2D eigenvalue weighted by Gasteiger charge is 2.31. The van der Waals surface area contributed by atoms with Crippen LogP contribution in [-0.2, 0) is 6.54 Å². The van der Waals surface area contributed by atoms with Gasteiger partial charge in [-0.05, 0) is 32.3 Å². The van der Waals surface area contributed by atoms with Crippen molar-refractivity contribution in [2.24, 2.45) is 11.7 Å². The molecule has 1 aromatic carbocycles. The number of aryl methyl sites for hydroxylation is 1. The van der Waals surface area contributed by atoms with E-state index in [4.69, 9.17) is 10.5 Å². The second-order valence-corrected chi connectivity index (χ2v) is 6.95. The number of aromatic nitrogens is 1. The number of benzene rings is 1. The first-order valence-electron chi connectivity index (χ1n) is 8.97. The zero-order chi connectivity index (χ0) is 19.9. The van der Waals surface area contributed by atoms with Gasteiger partial charge in [-0.25, -0.2) is 9.18 Å². The lowest BCUT2D eigenvalue weighted by atomic mass is 10.0. The number of carbonyl (C=O) groups is 1. The molecule has 1 aliphatic rings. The molecule has 7 nitrogen and oxygen atoms in total. The van der Waals surface area contributed by atoms with Gasteiger partial charge in [-0.3, -0.25) is 4.79 Å². The van der Waals surface area contributed by atoms with Crippen LogP contribution in [0, 0.1) is 11.7 Å². The SMILES string of the molecule is CCn1cc(C(=O)O)c(=O)c2cc(F)c(N3CCC(C(C)N)C3)c(OC)c21. The minimum absolute atomic E-state index is 0.00205. The Hall–Kier alpha value is -2.61. The maximum absolute atomic E-state index is 15.0. The first-order valence-corrected chi connectivity index (χ1v) is 8.97. The van der Waals surface area contributed by atoms with Gasteiger partial charge in [0.05, 0.1) is 18.0 Å². The van der Waals surface area contributed by atoms with Crippen LogP contribution in [0.1, 0.15) is 30.6 Å². The second-order valence-electron chi connectivity index (χ2n) is 6.95. The Morgan fingerprint density at radius 2 is 2.22 bits per heavy atom. The molecule has 0 amide bonds. The molecule has 1 aromatic heterocycles. The van der Waals surface area contributed by atoms with Gasteiger partial charge in [-0.2, -0.15) is 0 Å². The summed E-state index contributed by atoms with van der Waals surface area (Å²) < 4.78 is 22.2. The first-order chi connectivity index (χ1) is 12.8. The van der Waals surface area contributed by atoms with E-state index in [0.717, 1.165) is 12.5 Å². The molecule has 2 heterocycles. The van der Waals surface area contributed by atoms with Crippen molar-refractivity contribution in [3.8, 4) is 5.75 Å². The molecule has 2 aromatic rings. The summed E-state index contributed by atoms with van der Waals surface area (Å²) in [6, 6.07) is 1.12. The Morgan fingerprint density at radius 1 is 1.52 bits per heavy atom. The van der Waals surface area contributed by atoms with Crippen LogP contribution in [0.2, 0.25) is 0 Å². The average Bonchev–Trinajstić information content (AvgIpc) is 3.11. The van der Waals surface area contributed by atoms with Crippen molar-refractivity contribution in [2.75, 3.05) is 25.1 Å². The molecule has 2 atom stereocenters. The number of nitrogens with zero attached hydrogens (tertiary/aromatic N) is 2. The molecule has 8 heteroatoms. The van der Waals surface area contributed by atoms with Crippen molar-refractivity contribution >= 4 is 22.6 Å². The standard InChI is InChI=1S/C19H24FN3O4/c1-4-22-9-13(19(25)26)17(24)12-7-14(20)16(18(27-3)15(12)22)23-6-5-11(8-23)10(2)21/h7,9-11H,4-6,8,21H2,1-3H3,(H,25,26). The van der Waals surface area contributed by atoms with E-state index in [1.54, 1.807) is 4.57 Å². The highest BCUT2D eigenvalue weighted by Crippen LogP contribution is 2.40. The molecule has 0 aliphatic carbocycles. The van der Waals surface area contributed by atoms with Gasteiger partial charge in [-0.15, -0.1) is 0 Å². The molecule has 0 saturated carbocycles. The van der Waals surface area contributed by atoms with Crippen LogP contribution in [-0.4, -0.2) is 41.9 Å². The van der Waals surface area contributed by atoms with Crippen molar-refractivity contribution in [3.63, 3.8) is 0 Å². The summed E-state index contributed by atoms with van der Waals surface area (Å²) in [7, 11) is 1.42. The smallest absolute Gasteiger partial charge is 0.341 e. The topological polar surface area (TPSA) is 97.8 Å². The number of fused-ring (bicyclic) bond motifs is 1. The molecule has 1 saturated heterocycles. The van der Waals surface area contributed by atoms with Crippen LogP contribution < -0.4 is 20.8 Å². The molecule has 0 bridgehead atoms. The largest absolute Gasteiger partial charge is 0.492 e. The zero-order valence-electron chi connectivity index (χ0n) is 15.7. The van der Waals surface area contributed by atoms with Gasteiger partial charge in [-0.1, -0.05) is 0 Å². The quantitative estimate of drug-likeness (QED) is 0.828. The van der Waals surface area contributed by atoms with Gasteiger partial charge in [0.2, 0.25) is 5.43 Å². The van der Waals surface area contributed by atoms with E-state index in [-0.39, 0.29) is 28.8 Å². The van der Waals surface area contributed by atoms with Gasteiger partial charge in [0.25, 0.3) is 0 Å². The highest BCUT2D eigenvalue weighted by molar-refractivity contribution is 5.97. The molecule has 2 unspecified atom stereocenters. The van der Waals surface area contributed by atoms with Gasteiger partial charge < -0.3 is 25.0 Å². The molecule has 27 heavy (non-hydrogen) atoms. The van der Waals surface area contributed by atoms with Crippen LogP contribution >= 0.6 is 0 Å². The minimum atomic E-state index is -1.34. The lowest BCUT2D eigenvalue weighted by Crippen LogP contribution is -2.30. The van der Waals surface area contributed by atoms with Gasteiger partial charge in [0.15, 0.2) is 11.6 Å². The third kappa shape index (κ3) is 3.14. The van der Waals surface area contributed by atoms with E-state index in [1.807, 2.05) is 18.7 Å². The predicted octanol–water partition coefficient (Wildman–Crippen LogP) is 2.04. The number of halogens is 1. The highest BCUT2D eigenvalue weighted by atomic mass is 19.1. The molecule has 3 rings (SSSR count). The number of anilines is 1. The first kappa shape index (κ1) is 19.2. The van der Waals surface area contributed by atoms with Crippen molar-refractivity contribution < 1.29 is 19.0 Å². The number of methoxy groups -OCH3 is 1. The molecular weight excluding hydrogens is 353 g/mol. The van der Waals surface area contributed by atoms with E-state index in [0.29, 0.717) is 25.2 Å². The van der Waals surface area contributed by atoms with E-state index in [2.05, 4.69) is 0 Å². The number of hydrogen-bond acceptors (Lipinski definition) is 5. The fourth-order valence-electron chi connectivity index (χ4n) is 3.80. The van der Waals surface area contributed by atoms with E-state index >= 15 is 4.39 Å². The zero-order valence-corrected chi connectivity index (χ0v) is 15.7. The Bertz CT molecular complexity index is 954. The van der Waals surface area contributed by atoms with E-state index in [9.17, 15) is 14.7 Å². The monoisotopic (exact) mass is 377 g/mol. The molecule has 0 radical (unpaired) electrons. The summed E-state index contributed by atoms with van der Waals surface area (Å²) in [5, 5.41) is 9.29. The normalized spacial score (nSPS) is 18.1. The second kappa shape index (κ2) is 7.19. The van der Waals surface area contributed by atoms with Gasteiger partial charge in [0, 0.05) is 31.9 Å². The average molecular weight is 377 g/mol. The minimum Gasteiger partial charge on any atom is -0.492 e. The number of aromatic carboxylic acids is 1. The van der Waals surface area contributed by atoms with Crippen molar-refractivity contribution in [1.29, 1.82) is 0 Å². The number of hydrogen-bond donors (Lipinski definition) is 2. The third-order valence-corrected chi connectivity index (χ3v) is 5.30. The Labute approximate surface area is 156 Å². The number of pyridine rings is 1. The Morgan fingerprint density at radius 3 is 2.74 bits per heavy atom. The number of nitrogens with two attached hydrogens (primary N) is 1. The van der Waals surface area contributed by atoms with Crippen LogP contribution in [0.4, 0.5) is 10.1 Å². The lowest BCUT2D eigenvalue weighted by molar-refractivity contribution is 0.0695. The predicted molar refractivity (Wildman–Crippen MR) is 101 cm³/mol. The number of carboxylic acid groups (broad SMARTS) is 1. The van der Waals surface area contributed by atoms with E-state index < -0.39 is 22.8 Å². The molecule has 0 spiro atoms. The Balaban J connectivity index is 2.29. The lowest BCUT2D eigenvalue weighted by Gasteiger charge is -2.25. The fraction of sp³-hybridized carbons (Fsp3) is 0.474. The van der Waals surface area contributed by atoms with Crippen LogP contribution in [0.15, 0.2) is 17.1 Å². The maximum atomic E-state index is 15.0. The molecule has 1 aliphatic heterocycles. The van der Waals surface area contributed by atoms with Crippen LogP contribution in [0.3, 0.4) is 0 Å². The van der Waals surface area contributed by atoms with E-state index in [1.165, 1.54) is 13.3 Å². The molecule has 3 N–H and O–H groups in total. The number of carboxylic acids is 1. The molecule has 146 valence electrons. The van der Waals surface area contributed by atoms with Crippen molar-refractivity contribution in [3.05, 3.63) is 33.9 Å². The van der Waals surface area contributed by atoms with Gasteiger partial charge in [0.1, 0.15) is 11.3 Å². The summed E-state index contributed by atoms with van der Waals surface area (Å²) in [6.45, 7) is 5.39. The Kier molecular flexibility index (Phi) is 5.10. The summed E-state index contributed by atoms with van der Waals surface area (Å²) in [4.78, 5) is 25.9. The summed E-state index contributed by atoms with van der Waals surface area (Å²) in [5.41, 5.74) is 5.57. The summed E-state index contributed by atoms with van der Waals surface area (Å²) in [5.74, 6) is -1.46. The van der Waals surface area contributed by atoms with Crippen molar-refractivity contribution in [1.82, 2.24) is 4.57 Å². The van der Waals surface area contributed by atoms with Crippen LogP contribution in [0.5, 0.6) is 5.75 Å². The fourth-order valence-corrected chi connectivity index (χ4v) is 3.80. The summed E-state index contributed by atoms with van der Waals surface area (Å²) in [6.07, 6.45) is 2.13. The third-order valence-electron chi connectivity index (χ3n) is 5.30. The molecule has 1 fully saturated rings. The van der Waals surface area contributed by atoms with Crippen molar-refractivity contribution in [2.45, 2.75) is 32.9 Å². The van der Waals surface area contributed by atoms with Crippen LogP contribution in [0.25, 0.3) is 10.9 Å². The maximum Gasteiger partial charge on any atom is 0.341 e. The summed E-state index contributed by atoms with van der Waals surface area (Å²) >= 11 is 0. The molecular formula is C19H24FN3O4. The van der Waals surface area contributed by atoms with Gasteiger partial charge >= 0.3 is 5.97 Å².